The van der Waals surface area contributed by atoms with Crippen molar-refractivity contribution >= 4 is 33.5 Å². The van der Waals surface area contributed by atoms with Crippen molar-refractivity contribution in [1.29, 1.82) is 0 Å². The van der Waals surface area contributed by atoms with E-state index in [2.05, 4.69) is 6.07 Å². The zero-order valence-corrected chi connectivity index (χ0v) is 16.7. The smallest absolute Gasteiger partial charge is 0.247 e. The number of thiazole rings is 1. The van der Waals surface area contributed by atoms with E-state index >= 15 is 0 Å². The number of carbonyl (C=O) groups is 1. The maximum atomic E-state index is 12.9. The first kappa shape index (κ1) is 18.5. The van der Waals surface area contributed by atoms with Crippen molar-refractivity contribution in [2.45, 2.75) is 18.9 Å². The molecule has 3 aromatic rings. The molecule has 0 bridgehead atoms. The molecule has 1 fully saturated rings. The third kappa shape index (κ3) is 3.60. The predicted molar refractivity (Wildman–Crippen MR) is 112 cm³/mol. The van der Waals surface area contributed by atoms with Crippen LogP contribution in [0.5, 0.6) is 11.5 Å². The minimum Gasteiger partial charge on any atom is -0.497 e. The summed E-state index contributed by atoms with van der Waals surface area (Å²) in [5.41, 5.74) is 1.84. The number of hydrogen-bond acceptors (Lipinski definition) is 5. The third-order valence-electron chi connectivity index (χ3n) is 4.98. The molecule has 0 saturated carbocycles. The fourth-order valence-corrected chi connectivity index (χ4v) is 4.65. The van der Waals surface area contributed by atoms with Crippen LogP contribution in [0.4, 0.5) is 0 Å². The molecule has 4 rings (SSSR count). The molecule has 144 valence electrons. The Labute approximate surface area is 168 Å². The second-order valence-corrected chi connectivity index (χ2v) is 7.71. The lowest BCUT2D eigenvalue weighted by atomic mass is 10.1. The Hall–Kier alpha value is -2.86. The van der Waals surface area contributed by atoms with Crippen molar-refractivity contribution in [1.82, 2.24) is 9.88 Å². The minimum absolute atomic E-state index is 0.000345. The highest BCUT2D eigenvalue weighted by Crippen LogP contribution is 2.36. The van der Waals surface area contributed by atoms with Crippen LogP contribution in [0.2, 0.25) is 0 Å². The van der Waals surface area contributed by atoms with Gasteiger partial charge in [-0.25, -0.2) is 4.98 Å². The molecule has 1 aromatic heterocycles. The third-order valence-corrected chi connectivity index (χ3v) is 6.12. The van der Waals surface area contributed by atoms with Crippen molar-refractivity contribution in [3.8, 4) is 11.5 Å². The average molecular weight is 394 g/mol. The molecule has 1 amide bonds. The maximum absolute atomic E-state index is 12.9. The highest BCUT2D eigenvalue weighted by molar-refractivity contribution is 7.18. The fourth-order valence-electron chi connectivity index (χ4n) is 3.53. The number of rotatable bonds is 5. The van der Waals surface area contributed by atoms with Gasteiger partial charge in [0.25, 0.3) is 0 Å². The molecule has 0 aliphatic carbocycles. The summed E-state index contributed by atoms with van der Waals surface area (Å²) >= 11 is 1.68. The summed E-state index contributed by atoms with van der Waals surface area (Å²) in [5, 5.41) is 1.02. The standard InChI is InChI=1S/C22H22N2O3S/c1-26-16-11-9-15(19(14-16)27-2)10-12-21(25)24-13-5-7-18(24)22-23-17-6-3-4-8-20(17)28-22/h3-4,6,8-12,14,18H,5,7,13H2,1-2H3/b12-10+. The second-order valence-electron chi connectivity index (χ2n) is 6.65. The van der Waals surface area contributed by atoms with Crippen LogP contribution in [0.1, 0.15) is 29.5 Å². The number of para-hydroxylation sites is 1. The molecule has 5 nitrogen and oxygen atoms in total. The van der Waals surface area contributed by atoms with E-state index in [9.17, 15) is 4.79 Å². The van der Waals surface area contributed by atoms with Gasteiger partial charge >= 0.3 is 0 Å². The van der Waals surface area contributed by atoms with Crippen LogP contribution in [-0.2, 0) is 4.79 Å². The molecular weight excluding hydrogens is 372 g/mol. The van der Waals surface area contributed by atoms with E-state index in [4.69, 9.17) is 14.5 Å². The van der Waals surface area contributed by atoms with Crippen LogP contribution in [0.15, 0.2) is 48.5 Å². The topological polar surface area (TPSA) is 51.7 Å². The summed E-state index contributed by atoms with van der Waals surface area (Å²) < 4.78 is 11.8. The summed E-state index contributed by atoms with van der Waals surface area (Å²) in [6, 6.07) is 13.7. The molecule has 0 radical (unpaired) electrons. The van der Waals surface area contributed by atoms with Gasteiger partial charge < -0.3 is 14.4 Å². The Morgan fingerprint density at radius 2 is 2.07 bits per heavy atom. The Morgan fingerprint density at radius 1 is 1.21 bits per heavy atom. The first-order chi connectivity index (χ1) is 13.7. The van der Waals surface area contributed by atoms with Gasteiger partial charge in [-0.15, -0.1) is 11.3 Å². The number of carbonyl (C=O) groups excluding carboxylic acids is 1. The quantitative estimate of drug-likeness (QED) is 0.589. The molecule has 1 saturated heterocycles. The summed E-state index contributed by atoms with van der Waals surface area (Å²) in [4.78, 5) is 19.6. The monoisotopic (exact) mass is 394 g/mol. The van der Waals surface area contributed by atoms with E-state index in [0.29, 0.717) is 5.75 Å². The van der Waals surface area contributed by atoms with Crippen LogP contribution in [0, 0.1) is 0 Å². The summed E-state index contributed by atoms with van der Waals surface area (Å²) in [5.74, 6) is 1.39. The summed E-state index contributed by atoms with van der Waals surface area (Å²) in [6.45, 7) is 0.753. The average Bonchev–Trinajstić information content (AvgIpc) is 3.38. The molecular formula is C22H22N2O3S. The van der Waals surface area contributed by atoms with E-state index in [1.54, 1.807) is 37.7 Å². The number of likely N-dealkylation sites (tertiary alicyclic amines) is 1. The van der Waals surface area contributed by atoms with Gasteiger partial charge in [-0.1, -0.05) is 12.1 Å². The van der Waals surface area contributed by atoms with Crippen LogP contribution in [-0.4, -0.2) is 36.6 Å². The van der Waals surface area contributed by atoms with Gasteiger partial charge in [0, 0.05) is 24.3 Å². The largest absolute Gasteiger partial charge is 0.497 e. The van der Waals surface area contributed by atoms with Crippen molar-refractivity contribution in [2.75, 3.05) is 20.8 Å². The van der Waals surface area contributed by atoms with Gasteiger partial charge in [0.2, 0.25) is 5.91 Å². The minimum atomic E-state index is -0.000345. The zero-order valence-electron chi connectivity index (χ0n) is 15.9. The number of nitrogens with zero attached hydrogens (tertiary/aromatic N) is 2. The highest BCUT2D eigenvalue weighted by atomic mass is 32.1. The summed E-state index contributed by atoms with van der Waals surface area (Å²) in [6.07, 6.45) is 5.36. The molecule has 0 spiro atoms. The first-order valence-corrected chi connectivity index (χ1v) is 10.1. The van der Waals surface area contributed by atoms with Crippen molar-refractivity contribution in [3.05, 3.63) is 59.1 Å². The number of fused-ring (bicyclic) bond motifs is 1. The van der Waals surface area contributed by atoms with Crippen molar-refractivity contribution in [3.63, 3.8) is 0 Å². The van der Waals surface area contributed by atoms with Crippen molar-refractivity contribution in [2.24, 2.45) is 0 Å². The van der Waals surface area contributed by atoms with Crippen molar-refractivity contribution < 1.29 is 14.3 Å². The molecule has 2 heterocycles. The predicted octanol–water partition coefficient (Wildman–Crippen LogP) is 4.69. The van der Waals surface area contributed by atoms with E-state index < -0.39 is 0 Å². The van der Waals surface area contributed by atoms with Crippen LogP contribution in [0.3, 0.4) is 0 Å². The summed E-state index contributed by atoms with van der Waals surface area (Å²) in [7, 11) is 3.22. The number of aromatic nitrogens is 1. The molecule has 6 heteroatoms. The van der Waals surface area contributed by atoms with Gasteiger partial charge in [0.15, 0.2) is 0 Å². The molecule has 1 unspecified atom stereocenters. The molecule has 1 aliphatic heterocycles. The number of hydrogen-bond donors (Lipinski definition) is 0. The van der Waals surface area contributed by atoms with Crippen LogP contribution < -0.4 is 9.47 Å². The molecule has 28 heavy (non-hydrogen) atoms. The Bertz CT molecular complexity index is 995. The molecule has 0 N–H and O–H groups in total. The first-order valence-electron chi connectivity index (χ1n) is 9.26. The van der Waals surface area contributed by atoms with Gasteiger partial charge in [0.05, 0.1) is 30.5 Å². The van der Waals surface area contributed by atoms with Crippen LogP contribution in [0.25, 0.3) is 16.3 Å². The maximum Gasteiger partial charge on any atom is 0.247 e. The number of methoxy groups -OCH3 is 2. The lowest BCUT2D eigenvalue weighted by Gasteiger charge is -2.21. The van der Waals surface area contributed by atoms with E-state index in [1.807, 2.05) is 41.3 Å². The zero-order chi connectivity index (χ0) is 19.5. The second kappa shape index (κ2) is 8.02. The lowest BCUT2D eigenvalue weighted by molar-refractivity contribution is -0.126. The lowest BCUT2D eigenvalue weighted by Crippen LogP contribution is -2.28. The van der Waals surface area contributed by atoms with Gasteiger partial charge in [-0.05, 0) is 43.2 Å². The number of amides is 1. The Balaban J connectivity index is 1.54. The number of ether oxygens (including phenoxy) is 2. The normalized spacial score (nSPS) is 16.8. The SMILES string of the molecule is COc1ccc(/C=C/C(=O)N2CCCC2c2nc3ccccc3s2)c(OC)c1. The molecule has 2 aromatic carbocycles. The van der Waals surface area contributed by atoms with Crippen LogP contribution >= 0.6 is 11.3 Å². The highest BCUT2D eigenvalue weighted by Gasteiger charge is 2.31. The molecule has 1 atom stereocenters. The van der Waals surface area contributed by atoms with Gasteiger partial charge in [-0.2, -0.15) is 0 Å². The van der Waals surface area contributed by atoms with Gasteiger partial charge in [-0.3, -0.25) is 4.79 Å². The Morgan fingerprint density at radius 3 is 2.86 bits per heavy atom. The number of benzene rings is 2. The Kier molecular flexibility index (Phi) is 5.30. The van der Waals surface area contributed by atoms with E-state index in [1.165, 1.54) is 0 Å². The van der Waals surface area contributed by atoms with E-state index in [0.717, 1.165) is 45.9 Å². The molecule has 1 aliphatic rings. The van der Waals surface area contributed by atoms with Gasteiger partial charge in [0.1, 0.15) is 16.5 Å². The van der Waals surface area contributed by atoms with E-state index in [-0.39, 0.29) is 11.9 Å². The fraction of sp³-hybridized carbons (Fsp3) is 0.273.